The Bertz CT molecular complexity index is 338. The number of fused-ring (bicyclic) bond motifs is 1. The van der Waals surface area contributed by atoms with Gasteiger partial charge in [0.1, 0.15) is 5.75 Å². The van der Waals surface area contributed by atoms with Crippen LogP contribution in [0.4, 0.5) is 0 Å². The van der Waals surface area contributed by atoms with Crippen LogP contribution in [0.5, 0.6) is 5.75 Å². The Labute approximate surface area is 90.1 Å². The third-order valence-corrected chi connectivity index (χ3v) is 2.55. The minimum absolute atomic E-state index is 0.0140. The molecule has 0 saturated heterocycles. The highest BCUT2D eigenvalue weighted by molar-refractivity contribution is 5.35. The van der Waals surface area contributed by atoms with Gasteiger partial charge in [-0.3, -0.25) is 0 Å². The van der Waals surface area contributed by atoms with E-state index in [9.17, 15) is 5.11 Å². The molecule has 1 aromatic rings. The summed E-state index contributed by atoms with van der Waals surface area (Å²) in [5.41, 5.74) is 1.15. The number of aliphatic hydroxyl groups excluding tert-OH is 1. The van der Waals surface area contributed by atoms with Gasteiger partial charge in [-0.2, -0.15) is 0 Å². The largest absolute Gasteiger partial charge is 0.463 e. The average molecular weight is 207 g/mol. The van der Waals surface area contributed by atoms with Gasteiger partial charge in [-0.25, -0.2) is 0 Å². The SMILES string of the molecule is CC(C)N[C@H]1Cc2ccccc2OC1O. The summed E-state index contributed by atoms with van der Waals surface area (Å²) in [4.78, 5) is 0. The molecule has 0 aromatic heterocycles. The summed E-state index contributed by atoms with van der Waals surface area (Å²) in [5, 5.41) is 13.1. The standard InChI is InChI=1S/C12H17NO2/c1-8(2)13-10-7-9-5-3-4-6-11(9)15-12(10)14/h3-6,8,10,12-14H,7H2,1-2H3/t10-,12?/m0/s1. The van der Waals surface area contributed by atoms with Crippen LogP contribution in [0.3, 0.4) is 0 Å². The molecule has 0 aliphatic carbocycles. The van der Waals surface area contributed by atoms with Crippen LogP contribution in [0.1, 0.15) is 19.4 Å². The van der Waals surface area contributed by atoms with Gasteiger partial charge in [0.15, 0.2) is 0 Å². The topological polar surface area (TPSA) is 41.5 Å². The third-order valence-electron chi connectivity index (χ3n) is 2.55. The van der Waals surface area contributed by atoms with Gasteiger partial charge in [0.25, 0.3) is 0 Å². The fourth-order valence-corrected chi connectivity index (χ4v) is 1.91. The Morgan fingerprint density at radius 2 is 2.13 bits per heavy atom. The molecule has 2 N–H and O–H groups in total. The van der Waals surface area contributed by atoms with Crippen molar-refractivity contribution in [2.75, 3.05) is 0 Å². The van der Waals surface area contributed by atoms with Gasteiger partial charge in [-0.15, -0.1) is 0 Å². The smallest absolute Gasteiger partial charge is 0.213 e. The molecule has 2 rings (SSSR count). The number of benzene rings is 1. The van der Waals surface area contributed by atoms with E-state index in [1.54, 1.807) is 0 Å². The van der Waals surface area contributed by atoms with E-state index in [0.29, 0.717) is 6.04 Å². The highest BCUT2D eigenvalue weighted by atomic mass is 16.6. The molecule has 15 heavy (non-hydrogen) atoms. The van der Waals surface area contributed by atoms with E-state index in [0.717, 1.165) is 17.7 Å². The molecule has 0 spiro atoms. The van der Waals surface area contributed by atoms with Crippen LogP contribution in [-0.4, -0.2) is 23.5 Å². The Kier molecular flexibility index (Phi) is 2.93. The van der Waals surface area contributed by atoms with Gasteiger partial charge in [-0.1, -0.05) is 32.0 Å². The molecule has 3 nitrogen and oxygen atoms in total. The Hall–Kier alpha value is -1.06. The van der Waals surface area contributed by atoms with Crippen LogP contribution >= 0.6 is 0 Å². The Balaban J connectivity index is 2.14. The molecule has 1 aliphatic rings. The van der Waals surface area contributed by atoms with Crippen molar-refractivity contribution in [2.45, 2.75) is 38.6 Å². The number of hydrogen-bond acceptors (Lipinski definition) is 3. The summed E-state index contributed by atoms with van der Waals surface area (Å²) in [6.45, 7) is 4.13. The summed E-state index contributed by atoms with van der Waals surface area (Å²) in [6, 6.07) is 8.17. The van der Waals surface area contributed by atoms with Crippen LogP contribution in [-0.2, 0) is 6.42 Å². The van der Waals surface area contributed by atoms with Crippen molar-refractivity contribution in [3.05, 3.63) is 29.8 Å². The van der Waals surface area contributed by atoms with Crippen molar-refractivity contribution in [1.29, 1.82) is 0 Å². The summed E-state index contributed by atoms with van der Waals surface area (Å²) in [7, 11) is 0. The van der Waals surface area contributed by atoms with Crippen LogP contribution in [0, 0.1) is 0 Å². The molecule has 0 fully saturated rings. The zero-order valence-corrected chi connectivity index (χ0v) is 9.10. The maximum Gasteiger partial charge on any atom is 0.213 e. The number of rotatable bonds is 2. The van der Waals surface area contributed by atoms with E-state index in [2.05, 4.69) is 19.2 Å². The lowest BCUT2D eigenvalue weighted by atomic mass is 10.0. The van der Waals surface area contributed by atoms with Gasteiger partial charge < -0.3 is 15.2 Å². The maximum atomic E-state index is 9.78. The Morgan fingerprint density at radius 1 is 1.40 bits per heavy atom. The molecular formula is C12H17NO2. The van der Waals surface area contributed by atoms with E-state index >= 15 is 0 Å². The first-order valence-electron chi connectivity index (χ1n) is 5.35. The molecule has 3 heteroatoms. The van der Waals surface area contributed by atoms with Crippen molar-refractivity contribution in [3.63, 3.8) is 0 Å². The molecule has 1 aliphatic heterocycles. The van der Waals surface area contributed by atoms with E-state index in [-0.39, 0.29) is 6.04 Å². The van der Waals surface area contributed by atoms with E-state index in [1.807, 2.05) is 24.3 Å². The van der Waals surface area contributed by atoms with Crippen molar-refractivity contribution in [3.8, 4) is 5.75 Å². The van der Waals surface area contributed by atoms with Gasteiger partial charge in [0.2, 0.25) is 6.29 Å². The van der Waals surface area contributed by atoms with Gasteiger partial charge >= 0.3 is 0 Å². The first kappa shape index (κ1) is 10.5. The number of nitrogens with one attached hydrogen (secondary N) is 1. The van der Waals surface area contributed by atoms with Gasteiger partial charge in [0, 0.05) is 6.04 Å². The lowest BCUT2D eigenvalue weighted by Gasteiger charge is -2.32. The van der Waals surface area contributed by atoms with E-state index in [1.165, 1.54) is 0 Å². The minimum atomic E-state index is -0.748. The van der Waals surface area contributed by atoms with Crippen LogP contribution in [0.15, 0.2) is 24.3 Å². The first-order valence-corrected chi connectivity index (χ1v) is 5.35. The zero-order valence-electron chi connectivity index (χ0n) is 9.10. The van der Waals surface area contributed by atoms with E-state index in [4.69, 9.17) is 4.74 Å². The summed E-state index contributed by atoms with van der Waals surface area (Å²) < 4.78 is 5.44. The van der Waals surface area contributed by atoms with Gasteiger partial charge in [0.05, 0.1) is 6.04 Å². The number of para-hydroxylation sites is 1. The molecule has 0 radical (unpaired) electrons. The normalized spacial score (nSPS) is 24.8. The van der Waals surface area contributed by atoms with Crippen molar-refractivity contribution >= 4 is 0 Å². The molecule has 2 atom stereocenters. The number of aliphatic hydroxyl groups is 1. The summed E-state index contributed by atoms with van der Waals surface area (Å²) in [6.07, 6.45) is 0.0671. The molecule has 1 unspecified atom stereocenters. The summed E-state index contributed by atoms with van der Waals surface area (Å²) >= 11 is 0. The Morgan fingerprint density at radius 3 is 2.87 bits per heavy atom. The quantitative estimate of drug-likeness (QED) is 0.768. The molecule has 0 amide bonds. The number of hydrogen-bond donors (Lipinski definition) is 2. The highest BCUT2D eigenvalue weighted by Gasteiger charge is 2.28. The van der Waals surface area contributed by atoms with Crippen LogP contribution in [0.25, 0.3) is 0 Å². The number of ether oxygens (including phenoxy) is 1. The summed E-state index contributed by atoms with van der Waals surface area (Å²) in [5.74, 6) is 0.798. The third kappa shape index (κ3) is 2.30. The second-order valence-corrected chi connectivity index (χ2v) is 4.25. The molecular weight excluding hydrogens is 190 g/mol. The molecule has 0 saturated carbocycles. The molecule has 0 bridgehead atoms. The highest BCUT2D eigenvalue weighted by Crippen LogP contribution is 2.26. The fourth-order valence-electron chi connectivity index (χ4n) is 1.91. The fraction of sp³-hybridized carbons (Fsp3) is 0.500. The second-order valence-electron chi connectivity index (χ2n) is 4.25. The average Bonchev–Trinajstić information content (AvgIpc) is 2.18. The monoisotopic (exact) mass is 207 g/mol. The van der Waals surface area contributed by atoms with E-state index < -0.39 is 6.29 Å². The molecule has 1 aromatic carbocycles. The van der Waals surface area contributed by atoms with Crippen molar-refractivity contribution < 1.29 is 9.84 Å². The predicted molar refractivity (Wildman–Crippen MR) is 58.8 cm³/mol. The maximum absolute atomic E-state index is 9.78. The van der Waals surface area contributed by atoms with Crippen LogP contribution < -0.4 is 10.1 Å². The first-order chi connectivity index (χ1) is 7.16. The molecule has 82 valence electrons. The predicted octanol–water partition coefficient (Wildman–Crippen LogP) is 1.31. The second kappa shape index (κ2) is 4.21. The lowest BCUT2D eigenvalue weighted by molar-refractivity contribution is -0.0570. The molecule has 1 heterocycles. The van der Waals surface area contributed by atoms with Crippen molar-refractivity contribution in [2.24, 2.45) is 0 Å². The zero-order chi connectivity index (χ0) is 10.8. The lowest BCUT2D eigenvalue weighted by Crippen LogP contribution is -2.49. The van der Waals surface area contributed by atoms with Crippen molar-refractivity contribution in [1.82, 2.24) is 5.32 Å². The van der Waals surface area contributed by atoms with Gasteiger partial charge in [-0.05, 0) is 18.1 Å². The van der Waals surface area contributed by atoms with Crippen LogP contribution in [0.2, 0.25) is 0 Å². The minimum Gasteiger partial charge on any atom is -0.463 e.